The Hall–Kier alpha value is -2.12. The first-order valence-electron chi connectivity index (χ1n) is 5.77. The van der Waals surface area contributed by atoms with Crippen LogP contribution in [-0.2, 0) is 5.75 Å². The van der Waals surface area contributed by atoms with E-state index >= 15 is 0 Å². The number of nitrogens with zero attached hydrogens (tertiary/aromatic N) is 2. The normalized spacial score (nSPS) is 9.89. The summed E-state index contributed by atoms with van der Waals surface area (Å²) in [7, 11) is 0. The minimum Gasteiger partial charge on any atom is -0.296 e. The maximum Gasteiger partial charge on any atom is 0.168 e. The molecule has 0 atom stereocenters. The maximum atomic E-state index is 10.7. The first-order valence-corrected chi connectivity index (χ1v) is 6.76. The molecule has 0 saturated heterocycles. The van der Waals surface area contributed by atoms with Crippen LogP contribution in [0.2, 0.25) is 0 Å². The Morgan fingerprint density at radius 3 is 2.89 bits per heavy atom. The molecule has 0 unspecified atom stereocenters. The fourth-order valence-electron chi connectivity index (χ4n) is 1.67. The van der Waals surface area contributed by atoms with Gasteiger partial charge in [0.15, 0.2) is 6.29 Å². The molecule has 0 aliphatic rings. The highest BCUT2D eigenvalue weighted by molar-refractivity contribution is 7.98. The number of rotatable bonds is 4. The van der Waals surface area contributed by atoms with E-state index in [1.165, 1.54) is 22.9 Å². The molecular weight excluding hydrogens is 256 g/mol. The van der Waals surface area contributed by atoms with Gasteiger partial charge in [-0.15, -0.1) is 11.8 Å². The number of hydrogen-bond donors (Lipinski definition) is 0. The van der Waals surface area contributed by atoms with Crippen molar-refractivity contribution < 1.29 is 4.79 Å². The molecule has 19 heavy (non-hydrogen) atoms. The summed E-state index contributed by atoms with van der Waals surface area (Å²) in [5, 5.41) is 9.64. The van der Waals surface area contributed by atoms with Gasteiger partial charge in [0.25, 0.3) is 0 Å². The second-order valence-corrected chi connectivity index (χ2v) is 5.06. The van der Waals surface area contributed by atoms with Gasteiger partial charge in [-0.2, -0.15) is 5.26 Å². The highest BCUT2D eigenvalue weighted by Crippen LogP contribution is 2.24. The molecule has 0 radical (unpaired) electrons. The largest absolute Gasteiger partial charge is 0.296 e. The lowest BCUT2D eigenvalue weighted by Gasteiger charge is -2.04. The van der Waals surface area contributed by atoms with Crippen molar-refractivity contribution in [1.82, 2.24) is 4.98 Å². The predicted molar refractivity (Wildman–Crippen MR) is 75.1 cm³/mol. The third kappa shape index (κ3) is 3.43. The first-order chi connectivity index (χ1) is 9.22. The number of hydrogen-bond acceptors (Lipinski definition) is 4. The van der Waals surface area contributed by atoms with Gasteiger partial charge in [0.1, 0.15) is 16.8 Å². The number of thioether (sulfide) groups is 1. The van der Waals surface area contributed by atoms with Crippen molar-refractivity contribution in [3.05, 3.63) is 58.8 Å². The predicted octanol–water partition coefficient (Wildman–Crippen LogP) is 3.37. The van der Waals surface area contributed by atoms with Crippen molar-refractivity contribution in [2.45, 2.75) is 17.7 Å². The van der Waals surface area contributed by atoms with E-state index in [2.05, 4.69) is 17.1 Å². The molecule has 0 spiro atoms. The van der Waals surface area contributed by atoms with Crippen molar-refractivity contribution in [3.8, 4) is 6.07 Å². The fourth-order valence-corrected chi connectivity index (χ4v) is 2.59. The summed E-state index contributed by atoms with van der Waals surface area (Å²) in [6.07, 6.45) is 0.692. The van der Waals surface area contributed by atoms with Crippen molar-refractivity contribution in [2.24, 2.45) is 0 Å². The zero-order chi connectivity index (χ0) is 13.7. The van der Waals surface area contributed by atoms with Gasteiger partial charge >= 0.3 is 0 Å². The molecule has 2 aromatic rings. The molecule has 0 saturated carbocycles. The van der Waals surface area contributed by atoms with Gasteiger partial charge in [0.2, 0.25) is 0 Å². The standard InChI is InChI=1S/C15H12N2OS/c1-11-3-2-4-12(7-11)10-19-15-13(8-16)5-6-14(9-18)17-15/h2-7,9H,10H2,1H3. The molecule has 1 aromatic heterocycles. The summed E-state index contributed by atoms with van der Waals surface area (Å²) in [6.45, 7) is 2.04. The van der Waals surface area contributed by atoms with Crippen LogP contribution in [0.15, 0.2) is 41.4 Å². The average Bonchev–Trinajstić information content (AvgIpc) is 2.45. The molecule has 94 valence electrons. The van der Waals surface area contributed by atoms with Crippen LogP contribution in [0.4, 0.5) is 0 Å². The highest BCUT2D eigenvalue weighted by atomic mass is 32.2. The number of aldehydes is 1. The molecule has 1 heterocycles. The average molecular weight is 268 g/mol. The number of pyridine rings is 1. The first kappa shape index (κ1) is 13.3. The zero-order valence-corrected chi connectivity index (χ0v) is 11.3. The van der Waals surface area contributed by atoms with Crippen LogP contribution in [0.25, 0.3) is 0 Å². The summed E-state index contributed by atoms with van der Waals surface area (Å²) < 4.78 is 0. The summed E-state index contributed by atoms with van der Waals surface area (Å²) >= 11 is 1.47. The SMILES string of the molecule is Cc1cccc(CSc2nc(C=O)ccc2C#N)c1. The highest BCUT2D eigenvalue weighted by Gasteiger charge is 2.06. The van der Waals surface area contributed by atoms with Gasteiger partial charge in [-0.1, -0.05) is 29.8 Å². The number of aromatic nitrogens is 1. The Morgan fingerprint density at radius 1 is 1.37 bits per heavy atom. The number of carbonyl (C=O) groups is 1. The molecule has 2 rings (SSSR count). The van der Waals surface area contributed by atoms with Crippen molar-refractivity contribution >= 4 is 18.0 Å². The van der Waals surface area contributed by atoms with Crippen molar-refractivity contribution in [3.63, 3.8) is 0 Å². The van der Waals surface area contributed by atoms with Gasteiger partial charge in [0.05, 0.1) is 5.56 Å². The summed E-state index contributed by atoms with van der Waals surface area (Å²) in [5.41, 5.74) is 3.23. The fraction of sp³-hybridized carbons (Fsp3) is 0.133. The lowest BCUT2D eigenvalue weighted by atomic mass is 10.2. The van der Waals surface area contributed by atoms with Crippen molar-refractivity contribution in [1.29, 1.82) is 5.26 Å². The lowest BCUT2D eigenvalue weighted by molar-refractivity contribution is 0.111. The van der Waals surface area contributed by atoms with Crippen LogP contribution < -0.4 is 0 Å². The van der Waals surface area contributed by atoms with E-state index in [-0.39, 0.29) is 0 Å². The van der Waals surface area contributed by atoms with Crippen LogP contribution in [0.1, 0.15) is 27.2 Å². The van der Waals surface area contributed by atoms with E-state index < -0.39 is 0 Å². The number of carbonyl (C=O) groups excluding carboxylic acids is 1. The van der Waals surface area contributed by atoms with Crippen LogP contribution >= 0.6 is 11.8 Å². The quantitative estimate of drug-likeness (QED) is 0.630. The van der Waals surface area contributed by atoms with E-state index in [1.807, 2.05) is 25.1 Å². The van der Waals surface area contributed by atoms with E-state index in [9.17, 15) is 4.79 Å². The third-order valence-electron chi connectivity index (χ3n) is 2.58. The lowest BCUT2D eigenvalue weighted by Crippen LogP contribution is -1.93. The van der Waals surface area contributed by atoms with Crippen LogP contribution in [-0.4, -0.2) is 11.3 Å². The van der Waals surface area contributed by atoms with Gasteiger partial charge in [-0.25, -0.2) is 4.98 Å². The number of benzene rings is 1. The molecule has 0 aliphatic heterocycles. The molecule has 4 heteroatoms. The summed E-state index contributed by atoms with van der Waals surface area (Å²) in [4.78, 5) is 14.9. The molecule has 1 aromatic carbocycles. The van der Waals surface area contributed by atoms with Crippen LogP contribution in [0, 0.1) is 18.3 Å². The van der Waals surface area contributed by atoms with Crippen molar-refractivity contribution in [2.75, 3.05) is 0 Å². The minimum atomic E-state index is 0.353. The van der Waals surface area contributed by atoms with Crippen LogP contribution in [0.5, 0.6) is 0 Å². The van der Waals surface area contributed by atoms with Crippen LogP contribution in [0.3, 0.4) is 0 Å². The zero-order valence-electron chi connectivity index (χ0n) is 10.5. The Morgan fingerprint density at radius 2 is 2.21 bits per heavy atom. The van der Waals surface area contributed by atoms with E-state index in [1.54, 1.807) is 12.1 Å². The Balaban J connectivity index is 2.19. The van der Waals surface area contributed by atoms with Gasteiger partial charge in [-0.3, -0.25) is 4.79 Å². The second-order valence-electron chi connectivity index (χ2n) is 4.10. The smallest absolute Gasteiger partial charge is 0.168 e. The molecular formula is C15H12N2OS. The molecule has 0 fully saturated rings. The minimum absolute atomic E-state index is 0.353. The van der Waals surface area contributed by atoms with E-state index in [0.717, 1.165) is 5.75 Å². The molecule has 3 nitrogen and oxygen atoms in total. The van der Waals surface area contributed by atoms with Gasteiger partial charge < -0.3 is 0 Å². The van der Waals surface area contributed by atoms with E-state index in [4.69, 9.17) is 5.26 Å². The van der Waals surface area contributed by atoms with Gasteiger partial charge in [0, 0.05) is 5.75 Å². The topological polar surface area (TPSA) is 53.8 Å². The third-order valence-corrected chi connectivity index (χ3v) is 3.64. The van der Waals surface area contributed by atoms with Gasteiger partial charge in [-0.05, 0) is 24.6 Å². The Bertz CT molecular complexity index is 647. The number of aryl methyl sites for hydroxylation is 1. The van der Waals surface area contributed by atoms with E-state index in [0.29, 0.717) is 22.6 Å². The molecule has 0 aliphatic carbocycles. The summed E-state index contributed by atoms with van der Waals surface area (Å²) in [6, 6.07) is 13.5. The molecule has 0 N–H and O–H groups in total. The Kier molecular flexibility index (Phi) is 4.32. The summed E-state index contributed by atoms with van der Waals surface area (Å²) in [5.74, 6) is 0.728. The second kappa shape index (κ2) is 6.17. The monoisotopic (exact) mass is 268 g/mol. The molecule has 0 amide bonds. The Labute approximate surface area is 116 Å². The number of nitriles is 1. The maximum absolute atomic E-state index is 10.7. The molecule has 0 bridgehead atoms.